The second kappa shape index (κ2) is 6.35. The summed E-state index contributed by atoms with van der Waals surface area (Å²) in [6.07, 6.45) is 1.58. The highest BCUT2D eigenvalue weighted by Crippen LogP contribution is 2.37. The molecular weight excluding hydrogens is 324 g/mol. The first kappa shape index (κ1) is 16.0. The number of carbonyl (C=O) groups excluding carboxylic acids is 1. The topological polar surface area (TPSA) is 68.0 Å². The Hall–Kier alpha value is -1.83. The van der Waals surface area contributed by atoms with Gasteiger partial charge in [-0.25, -0.2) is 8.78 Å². The number of amides is 1. The zero-order valence-electron chi connectivity index (χ0n) is 12.6. The van der Waals surface area contributed by atoms with Crippen molar-refractivity contribution in [2.45, 2.75) is 51.0 Å². The largest absolute Gasteiger partial charge is 0.340 e. The summed E-state index contributed by atoms with van der Waals surface area (Å²) in [4.78, 5) is 16.6. The molecule has 5 nitrogen and oxygen atoms in total. The van der Waals surface area contributed by atoms with E-state index < -0.39 is 17.9 Å². The average molecular weight is 341 g/mol. The zero-order chi connectivity index (χ0) is 16.4. The van der Waals surface area contributed by atoms with Crippen LogP contribution in [0.5, 0.6) is 0 Å². The fourth-order valence-electron chi connectivity index (χ4n) is 3.02. The Labute approximate surface area is 136 Å². The molecule has 8 heteroatoms. The summed E-state index contributed by atoms with van der Waals surface area (Å²) >= 11 is 0.886. The number of hydrogen-bond acceptors (Lipinski definition) is 5. The van der Waals surface area contributed by atoms with Crippen molar-refractivity contribution in [2.24, 2.45) is 0 Å². The molecule has 1 aliphatic carbocycles. The van der Waals surface area contributed by atoms with Crippen molar-refractivity contribution in [1.82, 2.24) is 15.5 Å². The lowest BCUT2D eigenvalue weighted by Gasteiger charge is -2.35. The number of aromatic nitrogens is 2. The van der Waals surface area contributed by atoms with Gasteiger partial charge in [-0.3, -0.25) is 4.79 Å². The van der Waals surface area contributed by atoms with Gasteiger partial charge >= 0.3 is 0 Å². The Kier molecular flexibility index (Phi) is 4.43. The van der Waals surface area contributed by atoms with Crippen LogP contribution < -0.4 is 5.32 Å². The van der Waals surface area contributed by atoms with Crippen molar-refractivity contribution < 1.29 is 18.1 Å². The number of aryl methyl sites for hydroxylation is 1. The predicted octanol–water partition coefficient (Wildman–Crippen LogP) is 3.97. The molecule has 0 saturated heterocycles. The van der Waals surface area contributed by atoms with Gasteiger partial charge in [-0.05, 0) is 24.3 Å². The third kappa shape index (κ3) is 3.12. The third-order valence-electron chi connectivity index (χ3n) is 4.15. The van der Waals surface area contributed by atoms with Crippen molar-refractivity contribution in [2.75, 3.05) is 0 Å². The van der Waals surface area contributed by atoms with E-state index in [0.29, 0.717) is 24.6 Å². The molecule has 1 N–H and O–H groups in total. The molecule has 0 spiro atoms. The molecule has 2 aromatic rings. The molecule has 2 aromatic heterocycles. The van der Waals surface area contributed by atoms with Gasteiger partial charge in [0.25, 0.3) is 12.3 Å². The van der Waals surface area contributed by atoms with Gasteiger partial charge < -0.3 is 9.84 Å². The molecule has 124 valence electrons. The second-order valence-corrected chi connectivity index (χ2v) is 6.68. The summed E-state index contributed by atoms with van der Waals surface area (Å²) < 4.78 is 31.1. The number of nitrogens with one attached hydrogen (secondary N) is 1. The van der Waals surface area contributed by atoms with E-state index in [2.05, 4.69) is 15.5 Å². The van der Waals surface area contributed by atoms with Crippen LogP contribution in [-0.4, -0.2) is 16.0 Å². The van der Waals surface area contributed by atoms with Crippen molar-refractivity contribution in [3.8, 4) is 0 Å². The fourth-order valence-corrected chi connectivity index (χ4v) is 3.76. The number of nitrogens with zero attached hydrogens (tertiary/aromatic N) is 2. The quantitative estimate of drug-likeness (QED) is 0.914. The highest BCUT2D eigenvalue weighted by molar-refractivity contribution is 7.10. The first-order chi connectivity index (χ1) is 11.0. The van der Waals surface area contributed by atoms with E-state index in [0.717, 1.165) is 30.6 Å². The van der Waals surface area contributed by atoms with E-state index in [4.69, 9.17) is 4.52 Å². The molecule has 0 aliphatic heterocycles. The molecule has 0 radical (unpaired) electrons. The average Bonchev–Trinajstić information content (AvgIpc) is 3.17. The van der Waals surface area contributed by atoms with Crippen LogP contribution in [0.2, 0.25) is 0 Å². The van der Waals surface area contributed by atoms with Gasteiger partial charge in [0.2, 0.25) is 5.89 Å². The molecule has 1 aliphatic rings. The van der Waals surface area contributed by atoms with E-state index in [1.165, 1.54) is 11.4 Å². The monoisotopic (exact) mass is 341 g/mol. The van der Waals surface area contributed by atoms with Crippen LogP contribution in [0.25, 0.3) is 0 Å². The third-order valence-corrected chi connectivity index (χ3v) is 5.08. The molecule has 1 saturated carbocycles. The minimum atomic E-state index is -2.66. The number of hydrogen-bond donors (Lipinski definition) is 1. The van der Waals surface area contributed by atoms with Crippen LogP contribution in [0.3, 0.4) is 0 Å². The summed E-state index contributed by atoms with van der Waals surface area (Å²) in [7, 11) is 0. The molecule has 0 aromatic carbocycles. The molecule has 1 amide bonds. The number of thiophene rings is 1. The van der Waals surface area contributed by atoms with Crippen LogP contribution in [0, 0.1) is 6.92 Å². The lowest BCUT2D eigenvalue weighted by atomic mass is 9.80. The van der Waals surface area contributed by atoms with Crippen molar-refractivity contribution in [3.63, 3.8) is 0 Å². The summed E-state index contributed by atoms with van der Waals surface area (Å²) in [5, 5.41) is 8.37. The first-order valence-electron chi connectivity index (χ1n) is 7.51. The van der Waals surface area contributed by atoms with Gasteiger partial charge in [0, 0.05) is 6.92 Å². The molecule has 0 atom stereocenters. The lowest BCUT2D eigenvalue weighted by Crippen LogP contribution is -2.48. The maximum Gasteiger partial charge on any atom is 0.273 e. The SMILES string of the molecule is Cc1nc(C2(NC(=O)c3ccsc3C(F)F)CCCCC2)no1. The Morgan fingerprint density at radius 1 is 1.39 bits per heavy atom. The summed E-state index contributed by atoms with van der Waals surface area (Å²) in [6, 6.07) is 1.43. The van der Waals surface area contributed by atoms with E-state index in [1.807, 2.05) is 0 Å². The molecule has 2 heterocycles. The van der Waals surface area contributed by atoms with Crippen LogP contribution in [-0.2, 0) is 5.54 Å². The highest BCUT2D eigenvalue weighted by Gasteiger charge is 2.40. The Bertz CT molecular complexity index is 692. The minimum Gasteiger partial charge on any atom is -0.340 e. The second-order valence-electron chi connectivity index (χ2n) is 5.73. The molecule has 0 bridgehead atoms. The Morgan fingerprint density at radius 3 is 2.74 bits per heavy atom. The van der Waals surface area contributed by atoms with Crippen LogP contribution in [0.1, 0.15) is 65.5 Å². The van der Waals surface area contributed by atoms with Crippen molar-refractivity contribution >= 4 is 17.2 Å². The van der Waals surface area contributed by atoms with Gasteiger partial charge in [0.15, 0.2) is 5.82 Å². The van der Waals surface area contributed by atoms with Crippen LogP contribution in [0.15, 0.2) is 16.0 Å². The Balaban J connectivity index is 1.89. The molecule has 3 rings (SSSR count). The van der Waals surface area contributed by atoms with E-state index >= 15 is 0 Å². The zero-order valence-corrected chi connectivity index (χ0v) is 13.5. The summed E-state index contributed by atoms with van der Waals surface area (Å²) in [5.74, 6) is 0.339. The predicted molar refractivity (Wildman–Crippen MR) is 80.5 cm³/mol. The van der Waals surface area contributed by atoms with Gasteiger partial charge in [0.1, 0.15) is 5.54 Å². The maximum atomic E-state index is 13.0. The normalized spacial score (nSPS) is 17.4. The molecule has 23 heavy (non-hydrogen) atoms. The van der Waals surface area contributed by atoms with Gasteiger partial charge in [-0.2, -0.15) is 4.98 Å². The molecule has 1 fully saturated rings. The maximum absolute atomic E-state index is 13.0. The first-order valence-corrected chi connectivity index (χ1v) is 8.39. The minimum absolute atomic E-state index is 0.0233. The summed E-state index contributed by atoms with van der Waals surface area (Å²) in [5.41, 5.74) is -0.718. The number of halogens is 2. The van der Waals surface area contributed by atoms with Crippen molar-refractivity contribution in [1.29, 1.82) is 0 Å². The highest BCUT2D eigenvalue weighted by atomic mass is 32.1. The van der Waals surface area contributed by atoms with Gasteiger partial charge in [0.05, 0.1) is 10.4 Å². The van der Waals surface area contributed by atoms with E-state index in [1.54, 1.807) is 6.92 Å². The summed E-state index contributed by atoms with van der Waals surface area (Å²) in [6.45, 7) is 1.68. The van der Waals surface area contributed by atoms with Gasteiger partial charge in [-0.1, -0.05) is 24.4 Å². The fraction of sp³-hybridized carbons (Fsp3) is 0.533. The smallest absolute Gasteiger partial charge is 0.273 e. The Morgan fingerprint density at radius 2 is 2.13 bits per heavy atom. The van der Waals surface area contributed by atoms with Crippen molar-refractivity contribution in [3.05, 3.63) is 33.6 Å². The standard InChI is InChI=1S/C15H17F2N3O2S/c1-9-18-14(20-22-9)15(6-3-2-4-7-15)19-13(21)10-5-8-23-11(10)12(16)17/h5,8,12H,2-4,6-7H2,1H3,(H,19,21). The number of alkyl halides is 2. The lowest BCUT2D eigenvalue weighted by molar-refractivity contribution is 0.0845. The number of carbonyl (C=O) groups is 1. The van der Waals surface area contributed by atoms with Crippen LogP contribution in [0.4, 0.5) is 8.78 Å². The molecular formula is C15H17F2N3O2S. The van der Waals surface area contributed by atoms with Gasteiger partial charge in [-0.15, -0.1) is 11.3 Å². The number of rotatable bonds is 4. The molecule has 0 unspecified atom stereocenters. The van der Waals surface area contributed by atoms with Crippen LogP contribution >= 0.6 is 11.3 Å². The van der Waals surface area contributed by atoms with E-state index in [9.17, 15) is 13.6 Å². The van der Waals surface area contributed by atoms with E-state index in [-0.39, 0.29) is 10.4 Å².